The molecule has 3 atom stereocenters. The molecule has 1 aliphatic heterocycles. The summed E-state index contributed by atoms with van der Waals surface area (Å²) in [6.45, 7) is 4.21. The number of benzene rings is 2. The van der Waals surface area contributed by atoms with E-state index in [1.165, 1.54) is 0 Å². The molecule has 0 radical (unpaired) electrons. The normalized spacial score (nSPS) is 19.6. The van der Waals surface area contributed by atoms with Crippen LogP contribution in [0.15, 0.2) is 65.6 Å². The standard InChI is InChI=1S/C23H27NO4S/c1-16(2)21(24-23(26)27-14-17-9-5-3-6-10-17)20-13-18(22(25)28-20)15-29-19-11-7-4-8-12-19/h3-12,16,18,20-21H,13-15H2,1-2H3,(H,24,26)/t18-,20+,21+/m1/s1. The molecule has 29 heavy (non-hydrogen) atoms. The first kappa shape index (κ1) is 21.2. The number of hydrogen-bond acceptors (Lipinski definition) is 5. The van der Waals surface area contributed by atoms with Crippen LogP contribution in [0.1, 0.15) is 25.8 Å². The second-order valence-corrected chi connectivity index (χ2v) is 8.60. The number of carbonyl (C=O) groups is 2. The molecule has 2 aromatic carbocycles. The molecule has 154 valence electrons. The number of rotatable bonds is 8. The molecule has 1 N–H and O–H groups in total. The van der Waals surface area contributed by atoms with Crippen LogP contribution in [-0.4, -0.2) is 30.0 Å². The predicted octanol–water partition coefficient (Wildman–Crippen LogP) is 4.66. The van der Waals surface area contributed by atoms with Gasteiger partial charge in [0.15, 0.2) is 0 Å². The molecule has 0 saturated carbocycles. The van der Waals surface area contributed by atoms with Gasteiger partial charge in [-0.15, -0.1) is 11.8 Å². The van der Waals surface area contributed by atoms with E-state index >= 15 is 0 Å². The molecule has 0 bridgehead atoms. The van der Waals surface area contributed by atoms with E-state index in [0.29, 0.717) is 12.2 Å². The third kappa shape index (κ3) is 6.26. The Morgan fingerprint density at radius 2 is 1.79 bits per heavy atom. The number of esters is 1. The highest BCUT2D eigenvalue weighted by Gasteiger charge is 2.40. The highest BCUT2D eigenvalue weighted by molar-refractivity contribution is 7.99. The number of amides is 1. The number of thioether (sulfide) groups is 1. The Morgan fingerprint density at radius 1 is 1.14 bits per heavy atom. The fraction of sp³-hybridized carbons (Fsp3) is 0.391. The lowest BCUT2D eigenvalue weighted by atomic mass is 9.94. The average molecular weight is 414 g/mol. The Morgan fingerprint density at radius 3 is 2.45 bits per heavy atom. The molecule has 0 aliphatic carbocycles. The third-order valence-electron chi connectivity index (χ3n) is 4.93. The van der Waals surface area contributed by atoms with Crippen molar-refractivity contribution < 1.29 is 19.1 Å². The molecule has 1 saturated heterocycles. The van der Waals surface area contributed by atoms with Crippen LogP contribution in [0.3, 0.4) is 0 Å². The molecule has 1 fully saturated rings. The van der Waals surface area contributed by atoms with E-state index in [9.17, 15) is 9.59 Å². The monoisotopic (exact) mass is 413 g/mol. The fourth-order valence-corrected chi connectivity index (χ4v) is 4.34. The second kappa shape index (κ2) is 10.3. The van der Waals surface area contributed by atoms with E-state index in [0.717, 1.165) is 10.5 Å². The van der Waals surface area contributed by atoms with Crippen LogP contribution in [0.2, 0.25) is 0 Å². The summed E-state index contributed by atoms with van der Waals surface area (Å²) < 4.78 is 11.0. The molecule has 1 aliphatic rings. The van der Waals surface area contributed by atoms with Gasteiger partial charge in [-0.1, -0.05) is 62.4 Å². The van der Waals surface area contributed by atoms with E-state index < -0.39 is 6.09 Å². The van der Waals surface area contributed by atoms with Gasteiger partial charge in [-0.25, -0.2) is 4.79 Å². The van der Waals surface area contributed by atoms with Crippen molar-refractivity contribution in [2.45, 2.75) is 43.9 Å². The first-order valence-electron chi connectivity index (χ1n) is 9.88. The molecular formula is C23H27NO4S. The molecule has 0 aromatic heterocycles. The zero-order valence-electron chi connectivity index (χ0n) is 16.7. The third-order valence-corrected chi connectivity index (χ3v) is 6.10. The van der Waals surface area contributed by atoms with Gasteiger partial charge in [-0.2, -0.15) is 0 Å². The maximum atomic E-state index is 12.3. The molecule has 1 heterocycles. The molecule has 5 nitrogen and oxygen atoms in total. The Hall–Kier alpha value is -2.47. The van der Waals surface area contributed by atoms with Crippen LogP contribution < -0.4 is 5.32 Å². The fourth-order valence-electron chi connectivity index (χ4n) is 3.33. The number of carbonyl (C=O) groups excluding carboxylic acids is 2. The molecular weight excluding hydrogens is 386 g/mol. The quantitative estimate of drug-likeness (QED) is 0.504. The number of hydrogen-bond donors (Lipinski definition) is 1. The van der Waals surface area contributed by atoms with Gasteiger partial charge < -0.3 is 14.8 Å². The van der Waals surface area contributed by atoms with Crippen molar-refractivity contribution in [3.63, 3.8) is 0 Å². The van der Waals surface area contributed by atoms with Crippen molar-refractivity contribution in [2.75, 3.05) is 5.75 Å². The van der Waals surface area contributed by atoms with E-state index in [-0.39, 0.29) is 36.6 Å². The van der Waals surface area contributed by atoms with Gasteiger partial charge in [0, 0.05) is 17.1 Å². The van der Waals surface area contributed by atoms with Crippen molar-refractivity contribution in [3.8, 4) is 0 Å². The van der Waals surface area contributed by atoms with Crippen molar-refractivity contribution >= 4 is 23.8 Å². The van der Waals surface area contributed by atoms with Crippen LogP contribution in [0.4, 0.5) is 4.79 Å². The number of nitrogens with one attached hydrogen (secondary N) is 1. The topological polar surface area (TPSA) is 64.6 Å². The SMILES string of the molecule is CC(C)[C@H](NC(=O)OCc1ccccc1)[C@@H]1C[C@H](CSc2ccccc2)C(=O)O1. The van der Waals surface area contributed by atoms with E-state index in [2.05, 4.69) is 5.32 Å². The molecule has 0 unspecified atom stereocenters. The second-order valence-electron chi connectivity index (χ2n) is 7.51. The largest absolute Gasteiger partial charge is 0.460 e. The predicted molar refractivity (Wildman–Crippen MR) is 114 cm³/mol. The summed E-state index contributed by atoms with van der Waals surface area (Å²) in [5.41, 5.74) is 0.925. The molecule has 3 rings (SSSR count). The van der Waals surface area contributed by atoms with Crippen LogP contribution in [0, 0.1) is 11.8 Å². The highest BCUT2D eigenvalue weighted by atomic mass is 32.2. The molecule has 0 spiro atoms. The maximum Gasteiger partial charge on any atom is 0.407 e. The minimum Gasteiger partial charge on any atom is -0.460 e. The Labute approximate surface area is 176 Å². The van der Waals surface area contributed by atoms with Gasteiger partial charge in [0.05, 0.1) is 12.0 Å². The van der Waals surface area contributed by atoms with E-state index in [1.54, 1.807) is 11.8 Å². The zero-order valence-corrected chi connectivity index (χ0v) is 17.6. The highest BCUT2D eigenvalue weighted by Crippen LogP contribution is 2.31. The van der Waals surface area contributed by atoms with Crippen LogP contribution in [-0.2, 0) is 20.9 Å². The number of ether oxygens (including phenoxy) is 2. The average Bonchev–Trinajstić information content (AvgIpc) is 3.10. The molecule has 6 heteroatoms. The molecule has 1 amide bonds. The summed E-state index contributed by atoms with van der Waals surface area (Å²) in [5.74, 6) is 0.414. The van der Waals surface area contributed by atoms with Gasteiger partial charge >= 0.3 is 12.1 Å². The lowest BCUT2D eigenvalue weighted by Gasteiger charge is -2.26. The van der Waals surface area contributed by atoms with E-state index in [1.807, 2.05) is 74.5 Å². The minimum atomic E-state index is -0.495. The van der Waals surface area contributed by atoms with Crippen molar-refractivity contribution in [3.05, 3.63) is 66.2 Å². The summed E-state index contributed by atoms with van der Waals surface area (Å²) in [6.07, 6.45) is -0.237. The van der Waals surface area contributed by atoms with Crippen LogP contribution in [0.5, 0.6) is 0 Å². The van der Waals surface area contributed by atoms with Gasteiger partial charge in [0.2, 0.25) is 0 Å². The van der Waals surface area contributed by atoms with Crippen molar-refractivity contribution in [1.29, 1.82) is 0 Å². The number of alkyl carbamates (subject to hydrolysis) is 1. The summed E-state index contributed by atoms with van der Waals surface area (Å²) in [4.78, 5) is 25.8. The first-order valence-corrected chi connectivity index (χ1v) is 10.9. The lowest BCUT2D eigenvalue weighted by Crippen LogP contribution is -2.46. The summed E-state index contributed by atoms with van der Waals surface area (Å²) in [6, 6.07) is 19.2. The van der Waals surface area contributed by atoms with Gasteiger partial charge in [-0.3, -0.25) is 4.79 Å². The summed E-state index contributed by atoms with van der Waals surface area (Å²) in [7, 11) is 0. The maximum absolute atomic E-state index is 12.3. The first-order chi connectivity index (χ1) is 14.0. The lowest BCUT2D eigenvalue weighted by molar-refractivity contribution is -0.145. The van der Waals surface area contributed by atoms with Crippen LogP contribution >= 0.6 is 11.8 Å². The van der Waals surface area contributed by atoms with Crippen LogP contribution in [0.25, 0.3) is 0 Å². The number of cyclic esters (lactones) is 1. The summed E-state index contributed by atoms with van der Waals surface area (Å²) >= 11 is 1.65. The van der Waals surface area contributed by atoms with E-state index in [4.69, 9.17) is 9.47 Å². The van der Waals surface area contributed by atoms with Gasteiger partial charge in [0.1, 0.15) is 12.7 Å². The Bertz CT molecular complexity index is 797. The Kier molecular flexibility index (Phi) is 7.58. The molecule has 2 aromatic rings. The van der Waals surface area contributed by atoms with Crippen molar-refractivity contribution in [1.82, 2.24) is 5.32 Å². The Balaban J connectivity index is 1.52. The smallest absolute Gasteiger partial charge is 0.407 e. The van der Waals surface area contributed by atoms with Gasteiger partial charge in [-0.05, 0) is 23.6 Å². The van der Waals surface area contributed by atoms with Gasteiger partial charge in [0.25, 0.3) is 0 Å². The summed E-state index contributed by atoms with van der Waals surface area (Å²) in [5, 5.41) is 2.90. The van der Waals surface area contributed by atoms with Crippen molar-refractivity contribution in [2.24, 2.45) is 11.8 Å². The zero-order chi connectivity index (χ0) is 20.6. The minimum absolute atomic E-state index is 0.109.